The molecule has 0 saturated carbocycles. The molecule has 1 amide bonds. The van der Waals surface area contributed by atoms with E-state index in [1.807, 2.05) is 0 Å². The van der Waals surface area contributed by atoms with Crippen LogP contribution in [0.2, 0.25) is 0 Å². The summed E-state index contributed by atoms with van der Waals surface area (Å²) in [6.45, 7) is 3.06. The summed E-state index contributed by atoms with van der Waals surface area (Å²) in [6, 6.07) is 2.08. The van der Waals surface area contributed by atoms with Crippen LogP contribution in [0, 0.1) is 0 Å². The Morgan fingerprint density at radius 3 is 2.54 bits per heavy atom. The minimum absolute atomic E-state index is 0.0550. The van der Waals surface area contributed by atoms with Crippen molar-refractivity contribution in [3.8, 4) is 17.2 Å². The van der Waals surface area contributed by atoms with Crippen LogP contribution in [-0.2, 0) is 0 Å². The first-order chi connectivity index (χ1) is 11.6. The zero-order valence-corrected chi connectivity index (χ0v) is 16.2. The van der Waals surface area contributed by atoms with Gasteiger partial charge in [0.2, 0.25) is 0 Å². The van der Waals surface area contributed by atoms with Gasteiger partial charge in [-0.1, -0.05) is 6.92 Å². The van der Waals surface area contributed by atoms with E-state index in [9.17, 15) is 4.79 Å². The minimum Gasteiger partial charge on any atom is -0.495 e. The summed E-state index contributed by atoms with van der Waals surface area (Å²) in [7, 11) is 4.58. The molecule has 2 atom stereocenters. The van der Waals surface area contributed by atoms with E-state index in [0.29, 0.717) is 33.3 Å². The molecule has 1 fully saturated rings. The molecular weight excluding hydrogens is 376 g/mol. The third-order valence-corrected chi connectivity index (χ3v) is 4.94. The van der Waals surface area contributed by atoms with Gasteiger partial charge in [0.1, 0.15) is 11.3 Å². The van der Waals surface area contributed by atoms with Gasteiger partial charge in [0, 0.05) is 18.2 Å². The summed E-state index contributed by atoms with van der Waals surface area (Å²) in [6.07, 6.45) is 3.04. The molecule has 1 aromatic carbocycles. The van der Waals surface area contributed by atoms with Crippen LogP contribution < -0.4 is 24.8 Å². The average Bonchev–Trinajstić information content (AvgIpc) is 3.12. The highest BCUT2D eigenvalue weighted by Gasteiger charge is 2.29. The standard InChI is InChI=1S/C17H25BrN2O4/c1-5-11(12-7-6-8-19-12)20-17(21)14-15(23-3)10(18)9-13(22-2)16(14)24-4/h9,11-12,19H,5-8H2,1-4H3,(H,20,21). The van der Waals surface area contributed by atoms with Crippen molar-refractivity contribution in [2.24, 2.45) is 0 Å². The van der Waals surface area contributed by atoms with Gasteiger partial charge in [0.15, 0.2) is 11.5 Å². The molecule has 0 spiro atoms. The van der Waals surface area contributed by atoms with E-state index in [2.05, 4.69) is 33.5 Å². The van der Waals surface area contributed by atoms with Crippen LogP contribution in [0.3, 0.4) is 0 Å². The second-order valence-corrected chi connectivity index (χ2v) is 6.55. The zero-order valence-electron chi connectivity index (χ0n) is 14.6. The summed E-state index contributed by atoms with van der Waals surface area (Å²) in [4.78, 5) is 13.0. The molecule has 7 heteroatoms. The van der Waals surface area contributed by atoms with E-state index in [0.717, 1.165) is 25.8 Å². The summed E-state index contributed by atoms with van der Waals surface area (Å²) < 4.78 is 16.8. The maximum absolute atomic E-state index is 13.0. The second kappa shape index (κ2) is 8.58. The number of benzene rings is 1. The number of methoxy groups -OCH3 is 3. The first-order valence-electron chi connectivity index (χ1n) is 8.10. The van der Waals surface area contributed by atoms with E-state index in [1.54, 1.807) is 6.07 Å². The molecule has 2 unspecified atom stereocenters. The molecule has 0 radical (unpaired) electrons. The van der Waals surface area contributed by atoms with E-state index in [1.165, 1.54) is 21.3 Å². The Bertz CT molecular complexity index is 588. The van der Waals surface area contributed by atoms with Crippen LogP contribution >= 0.6 is 15.9 Å². The molecule has 134 valence electrons. The predicted octanol–water partition coefficient (Wildman–Crippen LogP) is 2.74. The first-order valence-corrected chi connectivity index (χ1v) is 8.89. The lowest BCUT2D eigenvalue weighted by molar-refractivity contribution is 0.0920. The van der Waals surface area contributed by atoms with Crippen LogP contribution in [0.4, 0.5) is 0 Å². The number of ether oxygens (including phenoxy) is 3. The van der Waals surface area contributed by atoms with Gasteiger partial charge in [0.05, 0.1) is 25.8 Å². The Hall–Kier alpha value is -1.47. The fourth-order valence-corrected chi connectivity index (χ4v) is 3.70. The third-order valence-electron chi connectivity index (χ3n) is 4.35. The molecular formula is C17H25BrN2O4. The fraction of sp³-hybridized carbons (Fsp3) is 0.588. The highest BCUT2D eigenvalue weighted by Crippen LogP contribution is 2.42. The lowest BCUT2D eigenvalue weighted by atomic mass is 10.0. The van der Waals surface area contributed by atoms with Gasteiger partial charge < -0.3 is 24.8 Å². The topological polar surface area (TPSA) is 68.8 Å². The van der Waals surface area contributed by atoms with Gasteiger partial charge in [-0.3, -0.25) is 4.79 Å². The van der Waals surface area contributed by atoms with E-state index in [-0.39, 0.29) is 11.9 Å². The van der Waals surface area contributed by atoms with Gasteiger partial charge in [-0.15, -0.1) is 0 Å². The SMILES string of the molecule is CCC(NC(=O)c1c(OC)c(Br)cc(OC)c1OC)C1CCCN1. The molecule has 1 saturated heterocycles. The summed E-state index contributed by atoms with van der Waals surface area (Å²) in [5, 5.41) is 6.56. The molecule has 0 aromatic heterocycles. The second-order valence-electron chi connectivity index (χ2n) is 5.69. The monoisotopic (exact) mass is 400 g/mol. The van der Waals surface area contributed by atoms with Crippen molar-refractivity contribution in [2.75, 3.05) is 27.9 Å². The van der Waals surface area contributed by atoms with Crippen molar-refractivity contribution >= 4 is 21.8 Å². The van der Waals surface area contributed by atoms with Crippen LogP contribution in [0.5, 0.6) is 17.2 Å². The fourth-order valence-electron chi connectivity index (χ4n) is 3.13. The Morgan fingerprint density at radius 1 is 1.33 bits per heavy atom. The van der Waals surface area contributed by atoms with Gasteiger partial charge in [0.25, 0.3) is 5.91 Å². The van der Waals surface area contributed by atoms with Gasteiger partial charge in [-0.05, 0) is 41.7 Å². The average molecular weight is 401 g/mol. The molecule has 2 rings (SSSR count). The quantitative estimate of drug-likeness (QED) is 0.736. The summed E-state index contributed by atoms with van der Waals surface area (Å²) in [5.41, 5.74) is 0.336. The van der Waals surface area contributed by atoms with Crippen LogP contribution in [-0.4, -0.2) is 45.9 Å². The van der Waals surface area contributed by atoms with Gasteiger partial charge in [-0.2, -0.15) is 0 Å². The number of rotatable bonds is 7. The number of hydrogen-bond acceptors (Lipinski definition) is 5. The number of nitrogens with one attached hydrogen (secondary N) is 2. The van der Waals surface area contributed by atoms with Crippen LogP contribution in [0.25, 0.3) is 0 Å². The van der Waals surface area contributed by atoms with E-state index < -0.39 is 0 Å². The van der Waals surface area contributed by atoms with Crippen molar-refractivity contribution in [1.82, 2.24) is 10.6 Å². The molecule has 1 aliphatic heterocycles. The Balaban J connectivity index is 2.37. The first kappa shape index (κ1) is 18.9. The zero-order chi connectivity index (χ0) is 17.7. The van der Waals surface area contributed by atoms with E-state index in [4.69, 9.17) is 14.2 Å². The van der Waals surface area contributed by atoms with Crippen molar-refractivity contribution in [1.29, 1.82) is 0 Å². The number of carbonyl (C=O) groups excluding carboxylic acids is 1. The predicted molar refractivity (Wildman–Crippen MR) is 96.4 cm³/mol. The van der Waals surface area contributed by atoms with Crippen molar-refractivity contribution in [3.05, 3.63) is 16.1 Å². The van der Waals surface area contributed by atoms with Crippen molar-refractivity contribution < 1.29 is 19.0 Å². The summed E-state index contributed by atoms with van der Waals surface area (Å²) >= 11 is 3.43. The third kappa shape index (κ3) is 3.78. The maximum Gasteiger partial charge on any atom is 0.259 e. The lowest BCUT2D eigenvalue weighted by Gasteiger charge is -2.25. The highest BCUT2D eigenvalue weighted by molar-refractivity contribution is 9.10. The Labute approximate surface area is 151 Å². The summed E-state index contributed by atoms with van der Waals surface area (Å²) in [5.74, 6) is 1.04. The number of carbonyl (C=O) groups is 1. The largest absolute Gasteiger partial charge is 0.495 e. The smallest absolute Gasteiger partial charge is 0.259 e. The van der Waals surface area contributed by atoms with Crippen molar-refractivity contribution in [2.45, 2.75) is 38.3 Å². The Morgan fingerprint density at radius 2 is 2.04 bits per heavy atom. The lowest BCUT2D eigenvalue weighted by Crippen LogP contribution is -2.47. The van der Waals surface area contributed by atoms with Gasteiger partial charge in [-0.25, -0.2) is 0 Å². The Kier molecular flexibility index (Phi) is 6.74. The maximum atomic E-state index is 13.0. The van der Waals surface area contributed by atoms with Gasteiger partial charge >= 0.3 is 0 Å². The van der Waals surface area contributed by atoms with Crippen LogP contribution in [0.15, 0.2) is 10.5 Å². The molecule has 0 bridgehead atoms. The molecule has 1 heterocycles. The minimum atomic E-state index is -0.233. The normalized spacial score (nSPS) is 18.1. The number of hydrogen-bond donors (Lipinski definition) is 2. The molecule has 1 aromatic rings. The molecule has 24 heavy (non-hydrogen) atoms. The number of halogens is 1. The van der Waals surface area contributed by atoms with E-state index >= 15 is 0 Å². The van der Waals surface area contributed by atoms with Crippen LogP contribution in [0.1, 0.15) is 36.5 Å². The van der Waals surface area contributed by atoms with Crippen molar-refractivity contribution in [3.63, 3.8) is 0 Å². The molecule has 2 N–H and O–H groups in total. The molecule has 6 nitrogen and oxygen atoms in total. The molecule has 1 aliphatic rings. The number of amides is 1. The molecule has 0 aliphatic carbocycles. The highest BCUT2D eigenvalue weighted by atomic mass is 79.9.